The summed E-state index contributed by atoms with van der Waals surface area (Å²) >= 11 is 0. The second-order valence-electron chi connectivity index (χ2n) is 5.88. The summed E-state index contributed by atoms with van der Waals surface area (Å²) < 4.78 is 0. The summed E-state index contributed by atoms with van der Waals surface area (Å²) in [5.41, 5.74) is 5.12. The van der Waals surface area contributed by atoms with E-state index in [4.69, 9.17) is 5.73 Å². The van der Waals surface area contributed by atoms with Crippen molar-refractivity contribution >= 4 is 5.91 Å². The third-order valence-corrected chi connectivity index (χ3v) is 3.62. The van der Waals surface area contributed by atoms with Gasteiger partial charge in [0.2, 0.25) is 5.91 Å². The Hall–Kier alpha value is -0.570. The van der Waals surface area contributed by atoms with Gasteiger partial charge in [-0.3, -0.25) is 4.79 Å². The molecule has 0 radical (unpaired) electrons. The minimum absolute atomic E-state index is 0.187. The second kappa shape index (κ2) is 7.70. The maximum Gasteiger partial charge on any atom is 0.217 e. The van der Waals surface area contributed by atoms with Gasteiger partial charge in [0.15, 0.2) is 0 Å². The van der Waals surface area contributed by atoms with Gasteiger partial charge in [0.05, 0.1) is 0 Å². The SMILES string of the molecule is CC(C)CC1CCCC(NCCCC(N)=O)C1. The smallest absolute Gasteiger partial charge is 0.217 e. The van der Waals surface area contributed by atoms with Crippen LogP contribution in [-0.2, 0) is 4.79 Å². The van der Waals surface area contributed by atoms with E-state index in [0.717, 1.165) is 24.8 Å². The van der Waals surface area contributed by atoms with Gasteiger partial charge >= 0.3 is 0 Å². The number of nitrogens with two attached hydrogens (primary N) is 1. The Morgan fingerprint density at radius 2 is 2.18 bits per heavy atom. The molecule has 1 saturated carbocycles. The van der Waals surface area contributed by atoms with Gasteiger partial charge in [0.25, 0.3) is 0 Å². The van der Waals surface area contributed by atoms with E-state index < -0.39 is 0 Å². The van der Waals surface area contributed by atoms with Crippen LogP contribution < -0.4 is 11.1 Å². The molecular formula is C14H28N2O. The maximum atomic E-state index is 10.6. The van der Waals surface area contributed by atoms with Gasteiger partial charge < -0.3 is 11.1 Å². The maximum absolute atomic E-state index is 10.6. The van der Waals surface area contributed by atoms with E-state index in [-0.39, 0.29) is 5.91 Å². The Morgan fingerprint density at radius 3 is 2.82 bits per heavy atom. The predicted octanol–water partition coefficient (Wildman–Crippen LogP) is 2.45. The van der Waals surface area contributed by atoms with Gasteiger partial charge in [-0.1, -0.05) is 26.7 Å². The van der Waals surface area contributed by atoms with Crippen molar-refractivity contribution in [3.63, 3.8) is 0 Å². The van der Waals surface area contributed by atoms with E-state index in [1.165, 1.54) is 32.1 Å². The topological polar surface area (TPSA) is 55.1 Å². The molecule has 3 heteroatoms. The molecular weight excluding hydrogens is 212 g/mol. The van der Waals surface area contributed by atoms with Crippen LogP contribution in [0.5, 0.6) is 0 Å². The summed E-state index contributed by atoms with van der Waals surface area (Å²) in [5, 5.41) is 3.57. The predicted molar refractivity (Wildman–Crippen MR) is 71.6 cm³/mol. The van der Waals surface area contributed by atoms with E-state index in [0.29, 0.717) is 12.5 Å². The van der Waals surface area contributed by atoms with Crippen molar-refractivity contribution in [2.45, 2.75) is 64.8 Å². The molecule has 17 heavy (non-hydrogen) atoms. The molecule has 0 aromatic carbocycles. The fourth-order valence-corrected chi connectivity index (χ4v) is 2.93. The molecule has 2 atom stereocenters. The summed E-state index contributed by atoms with van der Waals surface area (Å²) in [4.78, 5) is 10.6. The van der Waals surface area contributed by atoms with Gasteiger partial charge in [0.1, 0.15) is 0 Å². The zero-order valence-electron chi connectivity index (χ0n) is 11.4. The van der Waals surface area contributed by atoms with E-state index in [9.17, 15) is 4.79 Å². The van der Waals surface area contributed by atoms with Gasteiger partial charge in [-0.25, -0.2) is 0 Å². The van der Waals surface area contributed by atoms with E-state index >= 15 is 0 Å². The largest absolute Gasteiger partial charge is 0.370 e. The molecule has 1 aliphatic carbocycles. The number of amides is 1. The van der Waals surface area contributed by atoms with Crippen LogP contribution in [0.15, 0.2) is 0 Å². The third kappa shape index (κ3) is 6.67. The monoisotopic (exact) mass is 240 g/mol. The van der Waals surface area contributed by atoms with Gasteiger partial charge in [-0.15, -0.1) is 0 Å². The van der Waals surface area contributed by atoms with E-state index in [2.05, 4.69) is 19.2 Å². The van der Waals surface area contributed by atoms with Gasteiger partial charge in [0, 0.05) is 12.5 Å². The fourth-order valence-electron chi connectivity index (χ4n) is 2.93. The first-order valence-corrected chi connectivity index (χ1v) is 7.09. The van der Waals surface area contributed by atoms with Crippen molar-refractivity contribution in [2.75, 3.05) is 6.54 Å². The highest BCUT2D eigenvalue weighted by molar-refractivity contribution is 5.73. The first-order chi connectivity index (χ1) is 8.08. The molecule has 0 aliphatic heterocycles. The van der Waals surface area contributed by atoms with Crippen molar-refractivity contribution in [3.05, 3.63) is 0 Å². The highest BCUT2D eigenvalue weighted by Gasteiger charge is 2.21. The Bertz CT molecular complexity index is 228. The average Bonchev–Trinajstić information content (AvgIpc) is 2.24. The van der Waals surface area contributed by atoms with Crippen LogP contribution in [0.2, 0.25) is 0 Å². The first kappa shape index (κ1) is 14.5. The molecule has 0 aromatic heterocycles. The lowest BCUT2D eigenvalue weighted by Gasteiger charge is -2.30. The lowest BCUT2D eigenvalue weighted by atomic mass is 9.81. The van der Waals surface area contributed by atoms with Gasteiger partial charge in [-0.05, 0) is 44.1 Å². The van der Waals surface area contributed by atoms with Crippen LogP contribution >= 0.6 is 0 Å². The van der Waals surface area contributed by atoms with E-state index in [1.54, 1.807) is 0 Å². The van der Waals surface area contributed by atoms with Crippen LogP contribution in [0.4, 0.5) is 0 Å². The molecule has 1 aliphatic rings. The zero-order chi connectivity index (χ0) is 12.7. The molecule has 3 nitrogen and oxygen atoms in total. The first-order valence-electron chi connectivity index (χ1n) is 7.09. The minimum atomic E-state index is -0.187. The van der Waals surface area contributed by atoms with E-state index in [1.807, 2.05) is 0 Å². The van der Waals surface area contributed by atoms with Crippen molar-refractivity contribution in [2.24, 2.45) is 17.6 Å². The molecule has 0 bridgehead atoms. The molecule has 0 spiro atoms. The summed E-state index contributed by atoms with van der Waals surface area (Å²) in [6, 6.07) is 0.667. The average molecular weight is 240 g/mol. The lowest BCUT2D eigenvalue weighted by Crippen LogP contribution is -2.35. The number of hydrogen-bond acceptors (Lipinski definition) is 2. The molecule has 100 valence electrons. The molecule has 1 rings (SSSR count). The van der Waals surface area contributed by atoms with Gasteiger partial charge in [-0.2, -0.15) is 0 Å². The Kier molecular flexibility index (Phi) is 6.56. The summed E-state index contributed by atoms with van der Waals surface area (Å²) in [6.07, 6.45) is 8.11. The molecule has 1 fully saturated rings. The third-order valence-electron chi connectivity index (χ3n) is 3.62. The van der Waals surface area contributed by atoms with Crippen LogP contribution in [0.25, 0.3) is 0 Å². The summed E-state index contributed by atoms with van der Waals surface area (Å²) in [6.45, 7) is 5.55. The number of hydrogen-bond donors (Lipinski definition) is 2. The Labute approximate surface area is 106 Å². The molecule has 2 unspecified atom stereocenters. The normalized spacial score (nSPS) is 25.1. The summed E-state index contributed by atoms with van der Waals surface area (Å²) in [5.74, 6) is 1.53. The van der Waals surface area contributed by atoms with Crippen molar-refractivity contribution in [3.8, 4) is 0 Å². The minimum Gasteiger partial charge on any atom is -0.370 e. The Morgan fingerprint density at radius 1 is 1.41 bits per heavy atom. The van der Waals surface area contributed by atoms with Crippen LogP contribution in [0.3, 0.4) is 0 Å². The van der Waals surface area contributed by atoms with Crippen LogP contribution in [-0.4, -0.2) is 18.5 Å². The molecule has 0 heterocycles. The lowest BCUT2D eigenvalue weighted by molar-refractivity contribution is -0.118. The number of nitrogens with one attached hydrogen (secondary N) is 1. The van der Waals surface area contributed by atoms with Crippen LogP contribution in [0.1, 0.15) is 58.8 Å². The van der Waals surface area contributed by atoms with Crippen molar-refractivity contribution in [1.29, 1.82) is 0 Å². The zero-order valence-corrected chi connectivity index (χ0v) is 11.4. The molecule has 0 aromatic rings. The summed E-state index contributed by atoms with van der Waals surface area (Å²) in [7, 11) is 0. The number of carbonyl (C=O) groups excluding carboxylic acids is 1. The quantitative estimate of drug-likeness (QED) is 0.672. The fraction of sp³-hybridized carbons (Fsp3) is 0.929. The standard InChI is InChI=1S/C14H28N2O/c1-11(2)9-12-5-3-6-13(10-12)16-8-4-7-14(15)17/h11-13,16H,3-10H2,1-2H3,(H2,15,17). The number of carbonyl (C=O) groups is 1. The van der Waals surface area contributed by atoms with Crippen molar-refractivity contribution in [1.82, 2.24) is 5.32 Å². The van der Waals surface area contributed by atoms with Crippen molar-refractivity contribution < 1.29 is 4.79 Å². The number of rotatable bonds is 7. The molecule has 1 amide bonds. The highest BCUT2D eigenvalue weighted by Crippen LogP contribution is 2.29. The molecule has 0 saturated heterocycles. The molecule has 3 N–H and O–H groups in total. The highest BCUT2D eigenvalue weighted by atomic mass is 16.1. The van der Waals surface area contributed by atoms with Crippen LogP contribution in [0, 0.1) is 11.8 Å². The second-order valence-corrected chi connectivity index (χ2v) is 5.88. The number of primary amides is 1. The Balaban J connectivity index is 2.14.